The predicted octanol–water partition coefficient (Wildman–Crippen LogP) is 4.29. The normalized spacial score (nSPS) is 11.5. The van der Waals surface area contributed by atoms with E-state index in [1.807, 2.05) is 19.1 Å². The van der Waals surface area contributed by atoms with Crippen LogP contribution in [0.2, 0.25) is 5.02 Å². The van der Waals surface area contributed by atoms with Crippen molar-refractivity contribution in [3.8, 4) is 6.07 Å². The van der Waals surface area contributed by atoms with Crippen molar-refractivity contribution in [3.63, 3.8) is 0 Å². The van der Waals surface area contributed by atoms with E-state index >= 15 is 0 Å². The molecule has 0 bridgehead atoms. The van der Waals surface area contributed by atoms with Crippen molar-refractivity contribution >= 4 is 23.0 Å². The minimum Gasteiger partial charge on any atom is -0.378 e. The van der Waals surface area contributed by atoms with Crippen molar-refractivity contribution in [3.05, 3.63) is 68.7 Å². The van der Waals surface area contributed by atoms with Crippen LogP contribution in [0.5, 0.6) is 0 Å². The number of benzene rings is 2. The van der Waals surface area contributed by atoms with Gasteiger partial charge in [-0.2, -0.15) is 5.26 Å². The summed E-state index contributed by atoms with van der Waals surface area (Å²) in [6.45, 7) is 1.93. The molecule has 0 aliphatic heterocycles. The predicted molar refractivity (Wildman–Crippen MR) is 81.3 cm³/mol. The molecule has 0 spiro atoms. The number of halogens is 1. The Morgan fingerprint density at radius 1 is 1.29 bits per heavy atom. The van der Waals surface area contributed by atoms with Gasteiger partial charge in [-0.1, -0.05) is 23.7 Å². The molecule has 6 heteroatoms. The molecule has 0 aliphatic carbocycles. The Kier molecular flexibility index (Phi) is 4.41. The Hall–Kier alpha value is -2.58. The van der Waals surface area contributed by atoms with E-state index in [9.17, 15) is 10.1 Å². The third kappa shape index (κ3) is 3.50. The average molecular weight is 302 g/mol. The first kappa shape index (κ1) is 14.8. The van der Waals surface area contributed by atoms with E-state index in [-0.39, 0.29) is 16.8 Å². The maximum Gasteiger partial charge on any atom is 0.289 e. The number of nitro benzene ring substituents is 1. The molecule has 1 unspecified atom stereocenters. The Morgan fingerprint density at radius 2 is 1.95 bits per heavy atom. The van der Waals surface area contributed by atoms with E-state index in [0.29, 0.717) is 11.3 Å². The molecule has 2 aromatic rings. The van der Waals surface area contributed by atoms with E-state index in [2.05, 4.69) is 11.4 Å². The SMILES string of the molecule is CC(Nc1ccc(Cl)c([N+](=O)[O-])c1)c1ccc(C#N)cc1. The number of nitrogens with one attached hydrogen (secondary N) is 1. The third-order valence-corrected chi connectivity index (χ3v) is 3.39. The van der Waals surface area contributed by atoms with Gasteiger partial charge in [0.05, 0.1) is 16.6 Å². The van der Waals surface area contributed by atoms with Gasteiger partial charge in [0.1, 0.15) is 5.02 Å². The fourth-order valence-corrected chi connectivity index (χ4v) is 2.11. The second-order valence-corrected chi connectivity index (χ2v) is 4.93. The van der Waals surface area contributed by atoms with Gasteiger partial charge in [0.2, 0.25) is 0 Å². The third-order valence-electron chi connectivity index (χ3n) is 3.07. The molecular formula is C15H12ClN3O2. The van der Waals surface area contributed by atoms with Crippen LogP contribution < -0.4 is 5.32 Å². The van der Waals surface area contributed by atoms with Crippen LogP contribution in [0.4, 0.5) is 11.4 Å². The van der Waals surface area contributed by atoms with Crippen LogP contribution in [0.15, 0.2) is 42.5 Å². The summed E-state index contributed by atoms with van der Waals surface area (Å²) in [5.74, 6) is 0. The van der Waals surface area contributed by atoms with Crippen LogP contribution >= 0.6 is 11.6 Å². The summed E-state index contributed by atoms with van der Waals surface area (Å²) < 4.78 is 0. The molecule has 0 radical (unpaired) electrons. The Bertz CT molecular complexity index is 708. The lowest BCUT2D eigenvalue weighted by atomic mass is 10.1. The quantitative estimate of drug-likeness (QED) is 0.674. The lowest BCUT2D eigenvalue weighted by Crippen LogP contribution is -2.06. The number of rotatable bonds is 4. The standard InChI is InChI=1S/C15H12ClN3O2/c1-10(12-4-2-11(9-17)3-5-12)18-13-6-7-14(16)15(8-13)19(20)21/h2-8,10,18H,1H3. The van der Waals surface area contributed by atoms with E-state index in [4.69, 9.17) is 16.9 Å². The maximum atomic E-state index is 10.9. The van der Waals surface area contributed by atoms with E-state index < -0.39 is 4.92 Å². The maximum absolute atomic E-state index is 10.9. The average Bonchev–Trinajstić information content (AvgIpc) is 2.49. The van der Waals surface area contributed by atoms with Gasteiger partial charge in [-0.25, -0.2) is 0 Å². The fourth-order valence-electron chi connectivity index (χ4n) is 1.92. The first-order valence-corrected chi connectivity index (χ1v) is 6.59. The highest BCUT2D eigenvalue weighted by Crippen LogP contribution is 2.29. The number of hydrogen-bond acceptors (Lipinski definition) is 4. The van der Waals surface area contributed by atoms with E-state index in [0.717, 1.165) is 5.56 Å². The topological polar surface area (TPSA) is 79.0 Å². The van der Waals surface area contributed by atoms with Gasteiger partial charge < -0.3 is 5.32 Å². The number of nitriles is 1. The van der Waals surface area contributed by atoms with Crippen molar-refractivity contribution in [1.82, 2.24) is 0 Å². The Labute approximate surface area is 126 Å². The summed E-state index contributed by atoms with van der Waals surface area (Å²) in [5, 5.41) is 22.9. The largest absolute Gasteiger partial charge is 0.378 e. The highest BCUT2D eigenvalue weighted by molar-refractivity contribution is 6.32. The van der Waals surface area contributed by atoms with Crippen LogP contribution in [0.1, 0.15) is 24.1 Å². The van der Waals surface area contributed by atoms with E-state index in [1.165, 1.54) is 12.1 Å². The summed E-state index contributed by atoms with van der Waals surface area (Å²) in [6, 6.07) is 13.8. The molecular weight excluding hydrogens is 290 g/mol. The van der Waals surface area contributed by atoms with Gasteiger partial charge >= 0.3 is 0 Å². The molecule has 0 fully saturated rings. The lowest BCUT2D eigenvalue weighted by molar-refractivity contribution is -0.384. The van der Waals surface area contributed by atoms with Crippen LogP contribution in [-0.4, -0.2) is 4.92 Å². The van der Waals surface area contributed by atoms with Gasteiger partial charge in [-0.05, 0) is 36.8 Å². The van der Waals surface area contributed by atoms with Crippen molar-refractivity contribution in [2.24, 2.45) is 0 Å². The zero-order valence-electron chi connectivity index (χ0n) is 11.2. The number of hydrogen-bond donors (Lipinski definition) is 1. The molecule has 1 atom stereocenters. The molecule has 106 valence electrons. The molecule has 21 heavy (non-hydrogen) atoms. The first-order valence-electron chi connectivity index (χ1n) is 6.22. The lowest BCUT2D eigenvalue weighted by Gasteiger charge is -2.15. The summed E-state index contributed by atoms with van der Waals surface area (Å²) in [5.41, 5.74) is 2.05. The molecule has 2 aromatic carbocycles. The van der Waals surface area contributed by atoms with Gasteiger partial charge in [0.25, 0.3) is 5.69 Å². The molecule has 0 amide bonds. The highest BCUT2D eigenvalue weighted by Gasteiger charge is 2.14. The molecule has 2 rings (SSSR count). The zero-order chi connectivity index (χ0) is 15.4. The molecule has 1 N–H and O–H groups in total. The fraction of sp³-hybridized carbons (Fsp3) is 0.133. The van der Waals surface area contributed by atoms with Gasteiger partial charge in [0, 0.05) is 17.8 Å². The van der Waals surface area contributed by atoms with Gasteiger partial charge in [0.15, 0.2) is 0 Å². The summed E-state index contributed by atoms with van der Waals surface area (Å²) in [4.78, 5) is 10.3. The van der Waals surface area contributed by atoms with Crippen molar-refractivity contribution in [2.45, 2.75) is 13.0 Å². The molecule has 0 saturated carbocycles. The van der Waals surface area contributed by atoms with Crippen molar-refractivity contribution in [1.29, 1.82) is 5.26 Å². The zero-order valence-corrected chi connectivity index (χ0v) is 12.0. The number of nitro groups is 1. The highest BCUT2D eigenvalue weighted by atomic mass is 35.5. The minimum absolute atomic E-state index is 0.0569. The molecule has 5 nitrogen and oxygen atoms in total. The molecule has 0 saturated heterocycles. The van der Waals surface area contributed by atoms with Gasteiger partial charge in [-0.15, -0.1) is 0 Å². The van der Waals surface area contributed by atoms with Crippen LogP contribution in [0.3, 0.4) is 0 Å². The molecule has 0 aliphatic rings. The second-order valence-electron chi connectivity index (χ2n) is 4.52. The Morgan fingerprint density at radius 3 is 2.52 bits per heavy atom. The van der Waals surface area contributed by atoms with E-state index in [1.54, 1.807) is 18.2 Å². The summed E-state index contributed by atoms with van der Waals surface area (Å²) in [7, 11) is 0. The second kappa shape index (κ2) is 6.25. The summed E-state index contributed by atoms with van der Waals surface area (Å²) >= 11 is 5.78. The van der Waals surface area contributed by atoms with Crippen LogP contribution in [0.25, 0.3) is 0 Å². The van der Waals surface area contributed by atoms with Crippen LogP contribution in [-0.2, 0) is 0 Å². The number of anilines is 1. The molecule has 0 heterocycles. The number of nitrogens with zero attached hydrogens (tertiary/aromatic N) is 2. The van der Waals surface area contributed by atoms with Crippen LogP contribution in [0, 0.1) is 21.4 Å². The smallest absolute Gasteiger partial charge is 0.289 e. The minimum atomic E-state index is -0.514. The van der Waals surface area contributed by atoms with Crippen molar-refractivity contribution in [2.75, 3.05) is 5.32 Å². The van der Waals surface area contributed by atoms with Crippen molar-refractivity contribution < 1.29 is 4.92 Å². The first-order chi connectivity index (χ1) is 10.0. The van der Waals surface area contributed by atoms with Gasteiger partial charge in [-0.3, -0.25) is 10.1 Å². The summed E-state index contributed by atoms with van der Waals surface area (Å²) in [6.07, 6.45) is 0. The molecule has 0 aromatic heterocycles. The monoisotopic (exact) mass is 301 g/mol. The Balaban J connectivity index is 2.19.